The highest BCUT2D eigenvalue weighted by Gasteiger charge is 2.48. The number of benzene rings is 2. The molecule has 2 aromatic rings. The minimum Gasteiger partial charge on any atom is -0.370 e. The van der Waals surface area contributed by atoms with E-state index in [0.717, 1.165) is 13.1 Å². The van der Waals surface area contributed by atoms with Gasteiger partial charge in [0.05, 0.1) is 18.2 Å². The van der Waals surface area contributed by atoms with E-state index >= 15 is 0 Å². The van der Waals surface area contributed by atoms with Crippen molar-refractivity contribution in [1.29, 1.82) is 0 Å². The van der Waals surface area contributed by atoms with Crippen LogP contribution in [-0.2, 0) is 16.2 Å². The first-order valence-electron chi connectivity index (χ1n) is 12.9. The second-order valence-corrected chi connectivity index (χ2v) is 15.9. The minimum atomic E-state index is -1.92. The van der Waals surface area contributed by atoms with Crippen LogP contribution in [0.1, 0.15) is 99.8 Å². The number of hydrogen-bond acceptors (Lipinski definition) is 2. The maximum atomic E-state index is 5.90. The summed E-state index contributed by atoms with van der Waals surface area (Å²) >= 11 is 0. The quantitative estimate of drug-likeness (QED) is 0.391. The zero-order chi connectivity index (χ0) is 25.7. The first kappa shape index (κ1) is 26.8. The maximum absolute atomic E-state index is 5.90. The Morgan fingerprint density at radius 1 is 0.735 bits per heavy atom. The van der Waals surface area contributed by atoms with Gasteiger partial charge in [0.15, 0.2) is 0 Å². The van der Waals surface area contributed by atoms with Crippen molar-refractivity contribution in [3.63, 3.8) is 0 Å². The lowest BCUT2D eigenvalue weighted by Crippen LogP contribution is -2.21. The summed E-state index contributed by atoms with van der Waals surface area (Å²) in [5.74, 6) is 0. The van der Waals surface area contributed by atoms with Crippen molar-refractivity contribution in [1.82, 2.24) is 4.90 Å². The van der Waals surface area contributed by atoms with Crippen molar-refractivity contribution >= 4 is 18.0 Å². The maximum Gasteiger partial charge on any atom is 0.0749 e. The van der Waals surface area contributed by atoms with Crippen LogP contribution >= 0.6 is 7.05 Å². The van der Waals surface area contributed by atoms with Crippen LogP contribution in [0, 0.1) is 0 Å². The summed E-state index contributed by atoms with van der Waals surface area (Å²) < 4.78 is 5.90. The highest BCUT2D eigenvalue weighted by molar-refractivity contribution is 7.88. The molecule has 1 aliphatic rings. The van der Waals surface area contributed by atoms with E-state index in [2.05, 4.69) is 130 Å². The van der Waals surface area contributed by atoms with Gasteiger partial charge in [-0.15, -0.1) is 0 Å². The van der Waals surface area contributed by atoms with Gasteiger partial charge in [-0.2, -0.15) is 0 Å². The average molecular weight is 479 g/mol. The third-order valence-corrected chi connectivity index (χ3v) is 10.8. The Bertz CT molecular complexity index is 1090. The van der Waals surface area contributed by atoms with Crippen molar-refractivity contribution in [2.24, 2.45) is 4.74 Å². The summed E-state index contributed by atoms with van der Waals surface area (Å²) in [6.45, 7) is 29.9. The van der Waals surface area contributed by atoms with E-state index in [4.69, 9.17) is 4.74 Å². The summed E-state index contributed by atoms with van der Waals surface area (Å²) in [6.07, 6.45) is 0. The fourth-order valence-electron chi connectivity index (χ4n) is 4.90. The van der Waals surface area contributed by atoms with E-state index in [1.807, 2.05) is 0 Å². The summed E-state index contributed by atoms with van der Waals surface area (Å²) in [6, 6.07) is 16.0. The highest BCUT2D eigenvalue weighted by atomic mass is 31.2. The SMILES string of the molecule is CCN(CC)C1=C(C)[P@]1(=Nc1c(C(C)(C)C)cc(C(C)(C)C)cc1C(C)(C)C)c1ccccc1. The number of allylic oxidation sites excluding steroid dienone is 1. The largest absolute Gasteiger partial charge is 0.370 e. The van der Waals surface area contributed by atoms with Gasteiger partial charge in [0.2, 0.25) is 0 Å². The molecule has 0 fully saturated rings. The summed E-state index contributed by atoms with van der Waals surface area (Å²) in [5, 5.41) is 2.87. The Morgan fingerprint density at radius 2 is 1.21 bits per heavy atom. The molecule has 3 rings (SSSR count). The van der Waals surface area contributed by atoms with Crippen LogP contribution in [0.3, 0.4) is 0 Å². The molecule has 0 spiro atoms. The molecule has 0 saturated heterocycles. The van der Waals surface area contributed by atoms with Crippen molar-refractivity contribution in [2.45, 2.75) is 99.3 Å². The molecule has 1 atom stereocenters. The topological polar surface area (TPSA) is 15.6 Å². The van der Waals surface area contributed by atoms with Gasteiger partial charge in [-0.05, 0) is 53.7 Å². The van der Waals surface area contributed by atoms with Crippen LogP contribution in [-0.4, -0.2) is 18.0 Å². The van der Waals surface area contributed by atoms with Gasteiger partial charge in [0, 0.05) is 23.7 Å². The Kier molecular flexibility index (Phi) is 7.11. The van der Waals surface area contributed by atoms with Gasteiger partial charge >= 0.3 is 0 Å². The highest BCUT2D eigenvalue weighted by Crippen LogP contribution is 2.80. The molecule has 0 amide bonds. The van der Waals surface area contributed by atoms with Crippen LogP contribution in [0.15, 0.2) is 58.0 Å². The lowest BCUT2D eigenvalue weighted by Gasteiger charge is -2.33. The molecule has 0 aromatic heterocycles. The van der Waals surface area contributed by atoms with Gasteiger partial charge in [-0.1, -0.05) is 105 Å². The molecule has 0 aliphatic carbocycles. The van der Waals surface area contributed by atoms with Crippen LogP contribution in [0.4, 0.5) is 5.69 Å². The lowest BCUT2D eigenvalue weighted by molar-refractivity contribution is 0.412. The molecule has 0 N–H and O–H groups in total. The fourth-order valence-corrected chi connectivity index (χ4v) is 8.79. The Hall–Kier alpha value is -1.79. The Balaban J connectivity index is 2.46. The van der Waals surface area contributed by atoms with E-state index in [1.54, 1.807) is 0 Å². The predicted molar refractivity (Wildman–Crippen MR) is 153 cm³/mol. The third kappa shape index (κ3) is 4.81. The molecule has 0 bridgehead atoms. The van der Waals surface area contributed by atoms with Gasteiger partial charge in [-0.3, -0.25) is 4.74 Å². The van der Waals surface area contributed by atoms with Crippen LogP contribution in [0.5, 0.6) is 0 Å². The molecule has 0 radical (unpaired) electrons. The van der Waals surface area contributed by atoms with Gasteiger partial charge < -0.3 is 4.90 Å². The smallest absolute Gasteiger partial charge is 0.0749 e. The molecule has 1 heterocycles. The van der Waals surface area contributed by atoms with Crippen LogP contribution in [0.25, 0.3) is 0 Å². The molecule has 186 valence electrons. The van der Waals surface area contributed by atoms with Gasteiger partial charge in [0.1, 0.15) is 0 Å². The van der Waals surface area contributed by atoms with E-state index in [9.17, 15) is 0 Å². The van der Waals surface area contributed by atoms with Gasteiger partial charge in [-0.25, -0.2) is 0 Å². The van der Waals surface area contributed by atoms with E-state index < -0.39 is 7.05 Å². The third-order valence-electron chi connectivity index (χ3n) is 7.10. The first-order chi connectivity index (χ1) is 15.6. The normalized spacial score (nSPS) is 18.8. The second-order valence-electron chi connectivity index (χ2n) is 12.8. The van der Waals surface area contributed by atoms with E-state index in [-0.39, 0.29) is 16.2 Å². The van der Waals surface area contributed by atoms with Crippen molar-refractivity contribution in [3.05, 3.63) is 69.9 Å². The van der Waals surface area contributed by atoms with Crippen molar-refractivity contribution in [2.75, 3.05) is 13.1 Å². The summed E-state index contributed by atoms with van der Waals surface area (Å²) in [7, 11) is -1.92. The number of hydrogen-bond donors (Lipinski definition) is 0. The van der Waals surface area contributed by atoms with E-state index in [0.29, 0.717) is 0 Å². The van der Waals surface area contributed by atoms with Gasteiger partial charge in [0.25, 0.3) is 0 Å². The van der Waals surface area contributed by atoms with Crippen LogP contribution in [0.2, 0.25) is 0 Å². The van der Waals surface area contributed by atoms with Crippen molar-refractivity contribution < 1.29 is 0 Å². The zero-order valence-corrected chi connectivity index (χ0v) is 24.7. The first-order valence-corrected chi connectivity index (χ1v) is 14.7. The molecule has 2 nitrogen and oxygen atoms in total. The summed E-state index contributed by atoms with van der Waals surface area (Å²) in [4.78, 5) is 2.54. The molecule has 0 unspecified atom stereocenters. The summed E-state index contributed by atoms with van der Waals surface area (Å²) in [5.41, 5.74) is 6.95. The standard InChI is InChI=1S/C31H47N2P/c1-13-33(14-2)28-22(3)34(28,24-18-16-15-17-19-24)32-27-25(30(7,8)9)20-23(29(4,5)6)21-26(27)31(10,11)12/h15-21H,13-14H2,1-12H3/t34-/m0/s1. The number of nitrogens with zero attached hydrogens (tertiary/aromatic N) is 2. The molecule has 2 aromatic carbocycles. The average Bonchev–Trinajstić information content (AvgIpc) is 3.31. The molecular formula is C31H47N2P. The predicted octanol–water partition coefficient (Wildman–Crippen LogP) is 9.28. The Labute approximate surface area is 209 Å². The van der Waals surface area contributed by atoms with Crippen LogP contribution < -0.4 is 5.30 Å². The fraction of sp³-hybridized carbons (Fsp3) is 0.548. The number of rotatable bonds is 5. The molecular weight excluding hydrogens is 431 g/mol. The minimum absolute atomic E-state index is 0.0000487. The van der Waals surface area contributed by atoms with E-state index in [1.165, 1.54) is 38.4 Å². The Morgan fingerprint density at radius 3 is 1.59 bits per heavy atom. The molecule has 0 saturated carbocycles. The monoisotopic (exact) mass is 478 g/mol. The molecule has 3 heteroatoms. The lowest BCUT2D eigenvalue weighted by atomic mass is 9.74. The molecule has 1 aliphatic heterocycles. The second kappa shape index (κ2) is 9.02. The molecule has 34 heavy (non-hydrogen) atoms. The van der Waals surface area contributed by atoms with Crippen molar-refractivity contribution in [3.8, 4) is 0 Å². The zero-order valence-electron chi connectivity index (χ0n) is 23.8.